The number of nitrogens with one attached hydrogen (secondary N) is 2. The first kappa shape index (κ1) is 22.5. The average molecular weight is 528 g/mol. The van der Waals surface area contributed by atoms with Crippen molar-refractivity contribution in [3.8, 4) is 11.5 Å². The van der Waals surface area contributed by atoms with E-state index in [1.54, 1.807) is 13.3 Å². The molecule has 160 valence electrons. The van der Waals surface area contributed by atoms with Gasteiger partial charge >= 0.3 is 0 Å². The summed E-state index contributed by atoms with van der Waals surface area (Å²) in [7, 11) is 1.74. The van der Waals surface area contributed by atoms with Crippen LogP contribution in [-0.2, 0) is 19.6 Å². The van der Waals surface area contributed by atoms with Gasteiger partial charge < -0.3 is 19.6 Å². The van der Waals surface area contributed by atoms with Crippen molar-refractivity contribution in [3.05, 3.63) is 96.4 Å². The Bertz CT molecular complexity index is 1090. The van der Waals surface area contributed by atoms with Crippen LogP contribution in [0, 0.1) is 0 Å². The maximum Gasteiger partial charge on any atom is 0.226 e. The summed E-state index contributed by atoms with van der Waals surface area (Å²) in [6, 6.07) is 20.2. The van der Waals surface area contributed by atoms with E-state index in [4.69, 9.17) is 4.42 Å². The zero-order valence-electron chi connectivity index (χ0n) is 17.2. The molecule has 0 aliphatic rings. The van der Waals surface area contributed by atoms with Crippen LogP contribution >= 0.6 is 24.0 Å². The zero-order chi connectivity index (χ0) is 20.6. The van der Waals surface area contributed by atoms with Crippen LogP contribution in [0.25, 0.3) is 11.5 Å². The van der Waals surface area contributed by atoms with Gasteiger partial charge in [-0.3, -0.25) is 4.99 Å². The van der Waals surface area contributed by atoms with Gasteiger partial charge in [0.25, 0.3) is 0 Å². The third-order valence-electron chi connectivity index (χ3n) is 4.64. The Morgan fingerprint density at radius 1 is 1.00 bits per heavy atom. The van der Waals surface area contributed by atoms with Crippen LogP contribution in [0.4, 0.5) is 0 Å². The Labute approximate surface area is 198 Å². The molecule has 0 fully saturated rings. The molecule has 0 radical (unpaired) electrons. The summed E-state index contributed by atoms with van der Waals surface area (Å²) in [6.45, 7) is 1.85. The molecule has 31 heavy (non-hydrogen) atoms. The van der Waals surface area contributed by atoms with E-state index >= 15 is 0 Å². The molecule has 8 heteroatoms. The van der Waals surface area contributed by atoms with Gasteiger partial charge in [-0.15, -0.1) is 24.0 Å². The van der Waals surface area contributed by atoms with Gasteiger partial charge in [0.15, 0.2) is 5.96 Å². The van der Waals surface area contributed by atoms with Crippen LogP contribution in [0.2, 0.25) is 0 Å². The molecule has 2 N–H and O–H groups in total. The number of imidazole rings is 1. The fourth-order valence-electron chi connectivity index (χ4n) is 3.09. The second kappa shape index (κ2) is 11.3. The summed E-state index contributed by atoms with van der Waals surface area (Å²) in [4.78, 5) is 13.3. The first-order chi connectivity index (χ1) is 14.8. The number of nitrogens with zero attached hydrogens (tertiary/aromatic N) is 4. The summed E-state index contributed by atoms with van der Waals surface area (Å²) in [6.07, 6.45) is 5.46. The van der Waals surface area contributed by atoms with Gasteiger partial charge in [0.1, 0.15) is 12.1 Å². The molecule has 4 aromatic rings. The van der Waals surface area contributed by atoms with Crippen molar-refractivity contribution in [2.45, 2.75) is 19.6 Å². The summed E-state index contributed by atoms with van der Waals surface area (Å²) in [5.74, 6) is 2.22. The van der Waals surface area contributed by atoms with E-state index in [0.29, 0.717) is 24.9 Å². The second-order valence-electron chi connectivity index (χ2n) is 6.75. The number of aliphatic imine (C=N–C) groups is 1. The SMILES string of the molecule is CN=C(NCc1coc(-c2ccccc2)n1)NCc1nccn1Cc1ccccc1.I. The van der Waals surface area contributed by atoms with E-state index < -0.39 is 0 Å². The fourth-order valence-corrected chi connectivity index (χ4v) is 3.09. The van der Waals surface area contributed by atoms with E-state index in [9.17, 15) is 0 Å². The van der Waals surface area contributed by atoms with Gasteiger partial charge in [-0.1, -0.05) is 48.5 Å². The van der Waals surface area contributed by atoms with Crippen molar-refractivity contribution < 1.29 is 4.42 Å². The Balaban J connectivity index is 0.00000272. The van der Waals surface area contributed by atoms with Crippen molar-refractivity contribution in [1.82, 2.24) is 25.2 Å². The van der Waals surface area contributed by atoms with E-state index in [1.165, 1.54) is 5.56 Å². The van der Waals surface area contributed by atoms with E-state index in [0.717, 1.165) is 23.6 Å². The van der Waals surface area contributed by atoms with Crippen molar-refractivity contribution >= 4 is 29.9 Å². The maximum absolute atomic E-state index is 5.58. The molecule has 4 rings (SSSR count). The second-order valence-corrected chi connectivity index (χ2v) is 6.75. The monoisotopic (exact) mass is 528 g/mol. The smallest absolute Gasteiger partial charge is 0.226 e. The molecule has 0 aliphatic heterocycles. The number of guanidine groups is 1. The van der Waals surface area contributed by atoms with Crippen LogP contribution in [-0.4, -0.2) is 27.5 Å². The van der Waals surface area contributed by atoms with E-state index in [1.807, 2.05) is 60.9 Å². The molecule has 0 saturated carbocycles. The summed E-state index contributed by atoms with van der Waals surface area (Å²) < 4.78 is 7.71. The molecule has 0 atom stereocenters. The van der Waals surface area contributed by atoms with E-state index in [-0.39, 0.29) is 24.0 Å². The number of hydrogen-bond donors (Lipinski definition) is 2. The summed E-state index contributed by atoms with van der Waals surface area (Å²) in [5.41, 5.74) is 3.00. The highest BCUT2D eigenvalue weighted by atomic mass is 127. The lowest BCUT2D eigenvalue weighted by Crippen LogP contribution is -2.37. The highest BCUT2D eigenvalue weighted by Crippen LogP contribution is 2.17. The van der Waals surface area contributed by atoms with Crippen molar-refractivity contribution in [2.75, 3.05) is 7.05 Å². The predicted molar refractivity (Wildman–Crippen MR) is 132 cm³/mol. The molecule has 2 aromatic carbocycles. The number of halogens is 1. The van der Waals surface area contributed by atoms with Gasteiger partial charge in [0.2, 0.25) is 5.89 Å². The predicted octanol–water partition coefficient (Wildman–Crippen LogP) is 4.07. The van der Waals surface area contributed by atoms with Crippen LogP contribution in [0.1, 0.15) is 17.1 Å². The van der Waals surface area contributed by atoms with Crippen LogP contribution in [0.5, 0.6) is 0 Å². The summed E-state index contributed by atoms with van der Waals surface area (Å²) >= 11 is 0. The molecular formula is C23H25IN6O. The molecule has 0 unspecified atom stereocenters. The molecule has 0 amide bonds. The first-order valence-corrected chi connectivity index (χ1v) is 9.80. The topological polar surface area (TPSA) is 80.3 Å². The lowest BCUT2D eigenvalue weighted by atomic mass is 10.2. The van der Waals surface area contributed by atoms with Gasteiger partial charge in [0, 0.05) is 31.5 Å². The number of oxazole rings is 1. The van der Waals surface area contributed by atoms with Crippen LogP contribution in [0.3, 0.4) is 0 Å². The van der Waals surface area contributed by atoms with Crippen molar-refractivity contribution in [2.24, 2.45) is 4.99 Å². The number of benzene rings is 2. The van der Waals surface area contributed by atoms with Crippen molar-refractivity contribution in [1.29, 1.82) is 0 Å². The standard InChI is InChI=1S/C23H24N6O.HI/c1-24-23(26-14-20-17-30-22(28-20)19-10-6-3-7-11-19)27-15-21-25-12-13-29(21)16-18-8-4-2-5-9-18;/h2-13,17H,14-16H2,1H3,(H2,24,26,27);1H. The van der Waals surface area contributed by atoms with Gasteiger partial charge in [0.05, 0.1) is 18.8 Å². The fraction of sp³-hybridized carbons (Fsp3) is 0.174. The Morgan fingerprint density at radius 3 is 2.45 bits per heavy atom. The summed E-state index contributed by atoms with van der Waals surface area (Å²) in [5, 5.41) is 6.57. The minimum Gasteiger partial charge on any atom is -0.444 e. The molecule has 2 heterocycles. The third-order valence-corrected chi connectivity index (χ3v) is 4.64. The zero-order valence-corrected chi connectivity index (χ0v) is 19.6. The number of hydrogen-bond acceptors (Lipinski definition) is 4. The molecule has 0 aliphatic carbocycles. The van der Waals surface area contributed by atoms with Crippen LogP contribution in [0.15, 0.2) is 88.7 Å². The van der Waals surface area contributed by atoms with E-state index in [2.05, 4.69) is 42.3 Å². The largest absolute Gasteiger partial charge is 0.444 e. The Hall–Kier alpha value is -3.14. The quantitative estimate of drug-likeness (QED) is 0.215. The third kappa shape index (κ3) is 6.17. The highest BCUT2D eigenvalue weighted by molar-refractivity contribution is 14.0. The molecule has 2 aromatic heterocycles. The lowest BCUT2D eigenvalue weighted by molar-refractivity contribution is 0.572. The minimum atomic E-state index is 0. The molecule has 0 spiro atoms. The van der Waals surface area contributed by atoms with Gasteiger partial charge in [-0.25, -0.2) is 9.97 Å². The molecular weight excluding hydrogens is 503 g/mol. The van der Waals surface area contributed by atoms with Gasteiger partial charge in [-0.05, 0) is 17.7 Å². The number of rotatable bonds is 7. The highest BCUT2D eigenvalue weighted by Gasteiger charge is 2.08. The van der Waals surface area contributed by atoms with Crippen molar-refractivity contribution in [3.63, 3.8) is 0 Å². The normalized spacial score (nSPS) is 11.1. The molecule has 0 saturated heterocycles. The Kier molecular flexibility index (Phi) is 8.22. The Morgan fingerprint density at radius 2 is 1.71 bits per heavy atom. The lowest BCUT2D eigenvalue weighted by Gasteiger charge is -2.12. The minimum absolute atomic E-state index is 0. The number of aromatic nitrogens is 3. The van der Waals surface area contributed by atoms with Crippen LogP contribution < -0.4 is 10.6 Å². The molecule has 0 bridgehead atoms. The average Bonchev–Trinajstić information content (AvgIpc) is 3.45. The first-order valence-electron chi connectivity index (χ1n) is 9.80. The molecule has 7 nitrogen and oxygen atoms in total. The maximum atomic E-state index is 5.58. The van der Waals surface area contributed by atoms with Gasteiger partial charge in [-0.2, -0.15) is 0 Å².